The van der Waals surface area contributed by atoms with Gasteiger partial charge < -0.3 is 14.8 Å². The van der Waals surface area contributed by atoms with E-state index in [0.717, 1.165) is 12.0 Å². The van der Waals surface area contributed by atoms with Gasteiger partial charge in [0, 0.05) is 37.0 Å². The van der Waals surface area contributed by atoms with Crippen LogP contribution in [0.5, 0.6) is 11.5 Å². The highest BCUT2D eigenvalue weighted by Gasteiger charge is 2.18. The topological polar surface area (TPSA) is 93.7 Å². The van der Waals surface area contributed by atoms with Gasteiger partial charge >= 0.3 is 0 Å². The van der Waals surface area contributed by atoms with Gasteiger partial charge in [0.2, 0.25) is 15.9 Å². The molecule has 0 fully saturated rings. The van der Waals surface area contributed by atoms with Crippen molar-refractivity contribution in [2.24, 2.45) is 0 Å². The van der Waals surface area contributed by atoms with Gasteiger partial charge in [-0.2, -0.15) is 0 Å². The number of benzene rings is 2. The number of rotatable bonds is 7. The molecule has 150 valence electrons. The highest BCUT2D eigenvalue weighted by molar-refractivity contribution is 7.89. The first kappa shape index (κ1) is 20.4. The molecule has 1 heterocycles. The third-order valence-electron chi connectivity index (χ3n) is 4.05. The van der Waals surface area contributed by atoms with Crippen molar-refractivity contribution >= 4 is 27.5 Å². The summed E-state index contributed by atoms with van der Waals surface area (Å²) in [6.45, 7) is 1.31. The molecule has 0 atom stereocenters. The maximum atomic E-state index is 12.4. The van der Waals surface area contributed by atoms with Crippen LogP contribution in [0.25, 0.3) is 0 Å². The first-order valence-corrected chi connectivity index (χ1v) is 10.7. The molecule has 1 aliphatic rings. The summed E-state index contributed by atoms with van der Waals surface area (Å²) in [7, 11) is -3.76. The largest absolute Gasteiger partial charge is 0.490 e. The Morgan fingerprint density at radius 2 is 1.86 bits per heavy atom. The minimum absolute atomic E-state index is 0.0157. The summed E-state index contributed by atoms with van der Waals surface area (Å²) >= 11 is 5.90. The molecular weight excluding hydrogens is 404 g/mol. The number of carbonyl (C=O) groups excluding carboxylic acids is 1. The number of hydrogen-bond donors (Lipinski definition) is 2. The Hall–Kier alpha value is -2.29. The van der Waals surface area contributed by atoms with Crippen LogP contribution in [0.3, 0.4) is 0 Å². The molecule has 9 heteroatoms. The molecule has 0 aliphatic carbocycles. The Morgan fingerprint density at radius 3 is 2.64 bits per heavy atom. The van der Waals surface area contributed by atoms with E-state index in [9.17, 15) is 13.2 Å². The van der Waals surface area contributed by atoms with E-state index in [0.29, 0.717) is 36.3 Å². The fourth-order valence-electron chi connectivity index (χ4n) is 2.63. The van der Waals surface area contributed by atoms with E-state index < -0.39 is 10.0 Å². The zero-order valence-electron chi connectivity index (χ0n) is 15.1. The average molecular weight is 425 g/mol. The van der Waals surface area contributed by atoms with Crippen molar-refractivity contribution in [1.29, 1.82) is 0 Å². The van der Waals surface area contributed by atoms with E-state index in [1.165, 1.54) is 12.1 Å². The van der Waals surface area contributed by atoms with Gasteiger partial charge in [-0.1, -0.05) is 23.7 Å². The number of carbonyl (C=O) groups is 1. The Bertz CT molecular complexity index is 949. The Kier molecular flexibility index (Phi) is 6.77. The predicted molar refractivity (Wildman–Crippen MR) is 105 cm³/mol. The van der Waals surface area contributed by atoms with Crippen LogP contribution >= 0.6 is 11.6 Å². The van der Waals surface area contributed by atoms with E-state index in [2.05, 4.69) is 10.0 Å². The lowest BCUT2D eigenvalue weighted by atomic mass is 10.2. The fourth-order valence-corrected chi connectivity index (χ4v) is 3.89. The van der Waals surface area contributed by atoms with Crippen molar-refractivity contribution in [2.45, 2.75) is 24.3 Å². The normalized spacial score (nSPS) is 13.6. The zero-order valence-corrected chi connectivity index (χ0v) is 16.7. The van der Waals surface area contributed by atoms with Crippen LogP contribution in [0.2, 0.25) is 5.02 Å². The molecule has 0 saturated carbocycles. The minimum atomic E-state index is -3.76. The second-order valence-corrected chi connectivity index (χ2v) is 8.42. The van der Waals surface area contributed by atoms with Crippen molar-refractivity contribution in [1.82, 2.24) is 10.0 Å². The highest BCUT2D eigenvalue weighted by atomic mass is 35.5. The van der Waals surface area contributed by atoms with Crippen LogP contribution in [0.1, 0.15) is 18.4 Å². The van der Waals surface area contributed by atoms with Gasteiger partial charge in [-0.05, 0) is 29.8 Å². The van der Waals surface area contributed by atoms with Crippen molar-refractivity contribution < 1.29 is 22.7 Å². The van der Waals surface area contributed by atoms with Gasteiger partial charge in [0.05, 0.1) is 18.1 Å². The fraction of sp³-hybridized carbons (Fsp3) is 0.316. The van der Waals surface area contributed by atoms with E-state index >= 15 is 0 Å². The molecule has 0 spiro atoms. The van der Waals surface area contributed by atoms with Crippen LogP contribution in [0.15, 0.2) is 47.4 Å². The third-order valence-corrected chi connectivity index (χ3v) is 5.75. The molecule has 2 aromatic carbocycles. The molecule has 2 N–H and O–H groups in total. The summed E-state index contributed by atoms with van der Waals surface area (Å²) in [5.74, 6) is 0.665. The lowest BCUT2D eigenvalue weighted by molar-refractivity contribution is -0.121. The number of fused-ring (bicyclic) bond motifs is 1. The van der Waals surface area contributed by atoms with Crippen molar-refractivity contribution in [3.05, 3.63) is 53.1 Å². The maximum Gasteiger partial charge on any atom is 0.240 e. The maximum absolute atomic E-state index is 12.4. The third kappa shape index (κ3) is 5.60. The van der Waals surface area contributed by atoms with Gasteiger partial charge in [0.15, 0.2) is 11.5 Å². The second kappa shape index (κ2) is 9.27. The number of ether oxygens (including phenoxy) is 2. The molecule has 7 nitrogen and oxygen atoms in total. The van der Waals surface area contributed by atoms with Crippen molar-refractivity contribution in [2.75, 3.05) is 19.8 Å². The molecule has 0 aromatic heterocycles. The van der Waals surface area contributed by atoms with Gasteiger partial charge in [-0.15, -0.1) is 0 Å². The monoisotopic (exact) mass is 424 g/mol. The molecule has 1 amide bonds. The van der Waals surface area contributed by atoms with Gasteiger partial charge in [-0.3, -0.25) is 4.79 Å². The Labute approximate surface area is 169 Å². The van der Waals surface area contributed by atoms with E-state index in [1.54, 1.807) is 24.3 Å². The summed E-state index contributed by atoms with van der Waals surface area (Å²) in [6.07, 6.45) is 0.754. The van der Waals surface area contributed by atoms with Crippen LogP contribution in [-0.2, 0) is 21.4 Å². The molecule has 0 saturated heterocycles. The van der Waals surface area contributed by atoms with Crippen LogP contribution in [-0.4, -0.2) is 34.1 Å². The predicted octanol–water partition coefficient (Wildman–Crippen LogP) is 2.49. The summed E-state index contributed by atoms with van der Waals surface area (Å²) in [6, 6.07) is 11.6. The lowest BCUT2D eigenvalue weighted by Gasteiger charge is -2.11. The van der Waals surface area contributed by atoms with Gasteiger partial charge in [0.1, 0.15) is 0 Å². The summed E-state index contributed by atoms with van der Waals surface area (Å²) in [4.78, 5) is 12.0. The molecule has 0 radical (unpaired) electrons. The average Bonchev–Trinajstić information content (AvgIpc) is 2.91. The lowest BCUT2D eigenvalue weighted by Crippen LogP contribution is -2.30. The summed E-state index contributed by atoms with van der Waals surface area (Å²) in [5, 5.41) is 3.32. The van der Waals surface area contributed by atoms with Gasteiger partial charge in [-0.25, -0.2) is 13.1 Å². The van der Waals surface area contributed by atoms with Crippen LogP contribution in [0, 0.1) is 0 Å². The number of hydrogen-bond acceptors (Lipinski definition) is 5. The molecule has 0 unspecified atom stereocenters. The highest BCUT2D eigenvalue weighted by Crippen LogP contribution is 2.31. The Balaban J connectivity index is 1.51. The number of amides is 1. The minimum Gasteiger partial charge on any atom is -0.490 e. The molecular formula is C19H21ClN2O5S. The molecule has 3 rings (SSSR count). The SMILES string of the molecule is O=C(CCNS(=O)(=O)c1ccc2c(c1)OCCCO2)NCc1cccc(Cl)c1. The van der Waals surface area contributed by atoms with Crippen LogP contribution < -0.4 is 19.5 Å². The number of nitrogens with one attached hydrogen (secondary N) is 2. The molecule has 2 aromatic rings. The molecule has 1 aliphatic heterocycles. The first-order chi connectivity index (χ1) is 13.4. The van der Waals surface area contributed by atoms with Crippen molar-refractivity contribution in [3.8, 4) is 11.5 Å². The van der Waals surface area contributed by atoms with Crippen molar-refractivity contribution in [3.63, 3.8) is 0 Å². The molecule has 28 heavy (non-hydrogen) atoms. The zero-order chi connectivity index (χ0) is 20.0. The number of halogens is 1. The first-order valence-electron chi connectivity index (χ1n) is 8.84. The standard InChI is InChI=1S/C19H21ClN2O5S/c20-15-4-1-3-14(11-15)13-21-19(23)7-8-22-28(24,25)16-5-6-17-18(12-16)27-10-2-9-26-17/h1,3-6,11-12,22H,2,7-10,13H2,(H,21,23). The summed E-state index contributed by atoms with van der Waals surface area (Å²) < 4.78 is 38.3. The van der Waals surface area contributed by atoms with E-state index in [-0.39, 0.29) is 23.8 Å². The van der Waals surface area contributed by atoms with E-state index in [1.807, 2.05) is 6.07 Å². The molecule has 0 bridgehead atoms. The quantitative estimate of drug-likeness (QED) is 0.712. The van der Waals surface area contributed by atoms with E-state index in [4.69, 9.17) is 21.1 Å². The second-order valence-electron chi connectivity index (χ2n) is 6.21. The van der Waals surface area contributed by atoms with Crippen LogP contribution in [0.4, 0.5) is 0 Å². The van der Waals surface area contributed by atoms with Gasteiger partial charge in [0.25, 0.3) is 0 Å². The smallest absolute Gasteiger partial charge is 0.240 e. The number of sulfonamides is 1. The Morgan fingerprint density at radius 1 is 1.07 bits per heavy atom. The summed E-state index contributed by atoms with van der Waals surface area (Å²) in [5.41, 5.74) is 0.869.